The SMILES string of the molecule is CCC[C@H](N)C(=O)Nc1ccc(SC2CCCC2)cc1. The Hall–Kier alpha value is -1.00. The Morgan fingerprint density at radius 2 is 2.00 bits per heavy atom. The van der Waals surface area contributed by atoms with Crippen LogP contribution in [-0.4, -0.2) is 17.2 Å². The second-order valence-electron chi connectivity index (χ2n) is 5.43. The molecule has 0 radical (unpaired) electrons. The van der Waals surface area contributed by atoms with Gasteiger partial charge < -0.3 is 11.1 Å². The Kier molecular flexibility index (Phi) is 5.92. The lowest BCUT2D eigenvalue weighted by molar-refractivity contribution is -0.117. The van der Waals surface area contributed by atoms with Crippen LogP contribution in [0.1, 0.15) is 45.4 Å². The fourth-order valence-corrected chi connectivity index (χ4v) is 3.74. The summed E-state index contributed by atoms with van der Waals surface area (Å²) in [5, 5.41) is 3.65. The summed E-state index contributed by atoms with van der Waals surface area (Å²) in [6, 6.07) is 7.70. The van der Waals surface area contributed by atoms with Crippen LogP contribution >= 0.6 is 11.8 Å². The molecule has 1 fully saturated rings. The zero-order valence-electron chi connectivity index (χ0n) is 12.1. The molecule has 0 heterocycles. The van der Waals surface area contributed by atoms with E-state index < -0.39 is 6.04 Å². The van der Waals surface area contributed by atoms with Gasteiger partial charge in [0.25, 0.3) is 0 Å². The van der Waals surface area contributed by atoms with Crippen LogP contribution in [0.25, 0.3) is 0 Å². The third-order valence-electron chi connectivity index (χ3n) is 3.66. The number of amides is 1. The molecule has 20 heavy (non-hydrogen) atoms. The lowest BCUT2D eigenvalue weighted by Crippen LogP contribution is -2.35. The summed E-state index contributed by atoms with van der Waals surface area (Å²) in [4.78, 5) is 13.1. The van der Waals surface area contributed by atoms with Gasteiger partial charge in [-0.05, 0) is 43.5 Å². The molecular weight excluding hydrogens is 268 g/mol. The van der Waals surface area contributed by atoms with Crippen molar-refractivity contribution in [1.82, 2.24) is 0 Å². The molecule has 0 aliphatic heterocycles. The second kappa shape index (κ2) is 7.70. The van der Waals surface area contributed by atoms with E-state index in [9.17, 15) is 4.79 Å². The molecule has 4 heteroatoms. The number of benzene rings is 1. The maximum atomic E-state index is 11.8. The molecule has 110 valence electrons. The molecule has 3 nitrogen and oxygen atoms in total. The van der Waals surface area contributed by atoms with E-state index in [1.807, 2.05) is 30.8 Å². The van der Waals surface area contributed by atoms with Crippen LogP contribution in [0.4, 0.5) is 5.69 Å². The number of anilines is 1. The van der Waals surface area contributed by atoms with Crippen LogP contribution in [0.15, 0.2) is 29.2 Å². The molecule has 0 aromatic heterocycles. The lowest BCUT2D eigenvalue weighted by atomic mass is 10.1. The zero-order chi connectivity index (χ0) is 14.4. The van der Waals surface area contributed by atoms with Crippen molar-refractivity contribution >= 4 is 23.4 Å². The second-order valence-corrected chi connectivity index (χ2v) is 6.81. The van der Waals surface area contributed by atoms with Crippen LogP contribution in [0.2, 0.25) is 0 Å². The zero-order valence-corrected chi connectivity index (χ0v) is 12.9. The van der Waals surface area contributed by atoms with Crippen molar-refractivity contribution in [2.24, 2.45) is 5.73 Å². The highest BCUT2D eigenvalue weighted by Gasteiger charge is 2.16. The minimum Gasteiger partial charge on any atom is -0.325 e. The molecule has 3 N–H and O–H groups in total. The van der Waals surface area contributed by atoms with Gasteiger partial charge in [-0.1, -0.05) is 26.2 Å². The van der Waals surface area contributed by atoms with Crippen molar-refractivity contribution in [3.63, 3.8) is 0 Å². The fraction of sp³-hybridized carbons (Fsp3) is 0.562. The molecule has 0 bridgehead atoms. The molecular formula is C16H24N2OS. The maximum absolute atomic E-state index is 11.8. The highest BCUT2D eigenvalue weighted by molar-refractivity contribution is 8.00. The summed E-state index contributed by atoms with van der Waals surface area (Å²) in [7, 11) is 0. The van der Waals surface area contributed by atoms with Gasteiger partial charge in [0.05, 0.1) is 6.04 Å². The van der Waals surface area contributed by atoms with E-state index >= 15 is 0 Å². The molecule has 1 saturated carbocycles. The number of carbonyl (C=O) groups is 1. The predicted molar refractivity (Wildman–Crippen MR) is 86.1 cm³/mol. The summed E-state index contributed by atoms with van der Waals surface area (Å²) in [6.45, 7) is 2.03. The van der Waals surface area contributed by atoms with E-state index in [2.05, 4.69) is 17.4 Å². The number of nitrogens with one attached hydrogen (secondary N) is 1. The summed E-state index contributed by atoms with van der Waals surface area (Å²) in [5.74, 6) is -0.0944. The number of rotatable bonds is 6. The summed E-state index contributed by atoms with van der Waals surface area (Å²) < 4.78 is 0. The normalized spacial score (nSPS) is 17.1. The standard InChI is InChI=1S/C16H24N2OS/c1-2-5-15(17)16(19)18-12-8-10-14(11-9-12)20-13-6-3-4-7-13/h8-11,13,15H,2-7,17H2,1H3,(H,18,19)/t15-/m0/s1. The van der Waals surface area contributed by atoms with E-state index in [1.165, 1.54) is 30.6 Å². The molecule has 1 amide bonds. The molecule has 1 aromatic rings. The van der Waals surface area contributed by atoms with Crippen molar-refractivity contribution < 1.29 is 4.79 Å². The van der Waals surface area contributed by atoms with Gasteiger partial charge in [-0.2, -0.15) is 0 Å². The van der Waals surface area contributed by atoms with E-state index in [0.29, 0.717) is 0 Å². The van der Waals surface area contributed by atoms with Crippen molar-refractivity contribution in [3.8, 4) is 0 Å². The number of carbonyl (C=O) groups excluding carboxylic acids is 1. The van der Waals surface area contributed by atoms with E-state index in [0.717, 1.165) is 23.8 Å². The Balaban J connectivity index is 1.86. The van der Waals surface area contributed by atoms with E-state index in [-0.39, 0.29) is 5.91 Å². The first kappa shape index (κ1) is 15.4. The first-order chi connectivity index (χ1) is 9.69. The largest absolute Gasteiger partial charge is 0.325 e. The predicted octanol–water partition coefficient (Wildman–Crippen LogP) is 3.79. The Morgan fingerprint density at radius 3 is 2.60 bits per heavy atom. The molecule has 1 atom stereocenters. The third kappa shape index (κ3) is 4.53. The fourth-order valence-electron chi connectivity index (χ4n) is 2.49. The summed E-state index contributed by atoms with van der Waals surface area (Å²) in [5.41, 5.74) is 6.63. The Morgan fingerprint density at radius 1 is 1.35 bits per heavy atom. The number of thioether (sulfide) groups is 1. The van der Waals surface area contributed by atoms with Gasteiger partial charge in [-0.25, -0.2) is 0 Å². The highest BCUT2D eigenvalue weighted by Crippen LogP contribution is 2.34. The molecule has 1 aliphatic rings. The first-order valence-corrected chi connectivity index (χ1v) is 8.40. The molecule has 1 aromatic carbocycles. The van der Waals surface area contributed by atoms with Crippen molar-refractivity contribution in [2.45, 2.75) is 61.6 Å². The van der Waals surface area contributed by atoms with Crippen LogP contribution in [0, 0.1) is 0 Å². The van der Waals surface area contributed by atoms with Crippen LogP contribution < -0.4 is 11.1 Å². The summed E-state index contributed by atoms with van der Waals surface area (Å²) >= 11 is 1.96. The average Bonchev–Trinajstić information content (AvgIpc) is 2.94. The molecule has 2 rings (SSSR count). The van der Waals surface area contributed by atoms with E-state index in [1.54, 1.807) is 0 Å². The van der Waals surface area contributed by atoms with Crippen LogP contribution in [0.5, 0.6) is 0 Å². The van der Waals surface area contributed by atoms with Gasteiger partial charge >= 0.3 is 0 Å². The molecule has 1 aliphatic carbocycles. The summed E-state index contributed by atoms with van der Waals surface area (Å²) in [6.07, 6.45) is 7.03. The highest BCUT2D eigenvalue weighted by atomic mass is 32.2. The van der Waals surface area contributed by atoms with Gasteiger partial charge in [0.1, 0.15) is 0 Å². The van der Waals surface area contributed by atoms with Crippen molar-refractivity contribution in [1.29, 1.82) is 0 Å². The number of hydrogen-bond acceptors (Lipinski definition) is 3. The minimum absolute atomic E-state index is 0.0944. The molecule has 0 unspecified atom stereocenters. The Bertz CT molecular complexity index is 427. The van der Waals surface area contributed by atoms with E-state index in [4.69, 9.17) is 5.73 Å². The molecule has 0 saturated heterocycles. The molecule has 0 spiro atoms. The van der Waals surface area contributed by atoms with Crippen molar-refractivity contribution in [2.75, 3.05) is 5.32 Å². The first-order valence-electron chi connectivity index (χ1n) is 7.52. The topological polar surface area (TPSA) is 55.1 Å². The van der Waals surface area contributed by atoms with Crippen LogP contribution in [-0.2, 0) is 4.79 Å². The van der Waals surface area contributed by atoms with Gasteiger partial charge in [0.2, 0.25) is 5.91 Å². The number of nitrogens with two attached hydrogens (primary N) is 1. The van der Waals surface area contributed by atoms with Crippen molar-refractivity contribution in [3.05, 3.63) is 24.3 Å². The lowest BCUT2D eigenvalue weighted by Gasteiger charge is -2.12. The average molecular weight is 292 g/mol. The van der Waals surface area contributed by atoms with Crippen LogP contribution in [0.3, 0.4) is 0 Å². The quantitative estimate of drug-likeness (QED) is 0.838. The van der Waals surface area contributed by atoms with Gasteiger partial charge in [-0.3, -0.25) is 4.79 Å². The monoisotopic (exact) mass is 292 g/mol. The minimum atomic E-state index is -0.410. The van der Waals surface area contributed by atoms with Gasteiger partial charge in [0.15, 0.2) is 0 Å². The Labute approximate surface area is 125 Å². The van der Waals surface area contributed by atoms with Gasteiger partial charge in [-0.15, -0.1) is 11.8 Å². The van der Waals surface area contributed by atoms with Gasteiger partial charge in [0, 0.05) is 15.8 Å². The third-order valence-corrected chi connectivity index (χ3v) is 5.01. The number of hydrogen-bond donors (Lipinski definition) is 2. The smallest absolute Gasteiger partial charge is 0.241 e. The maximum Gasteiger partial charge on any atom is 0.241 e.